The second-order valence-electron chi connectivity index (χ2n) is 4.06. The number of Topliss-reactive ketones (excluding diaryl/α,β-unsaturated/α-hetero) is 2. The summed E-state index contributed by atoms with van der Waals surface area (Å²) in [4.78, 5) is 23.1. The van der Waals surface area contributed by atoms with E-state index in [1.54, 1.807) is 6.92 Å². The van der Waals surface area contributed by atoms with Crippen LogP contribution in [0.5, 0.6) is 0 Å². The molecule has 1 rings (SSSR count). The van der Waals surface area contributed by atoms with Gasteiger partial charge in [-0.15, -0.1) is 0 Å². The van der Waals surface area contributed by atoms with E-state index >= 15 is 0 Å². The Morgan fingerprint density at radius 2 is 1.89 bits per heavy atom. The van der Waals surface area contributed by atoms with Crippen LogP contribution in [0, 0.1) is 17.6 Å². The minimum atomic E-state index is -2.40. The van der Waals surface area contributed by atoms with Crippen molar-refractivity contribution in [1.82, 2.24) is 0 Å². The van der Waals surface area contributed by atoms with Crippen molar-refractivity contribution in [3.63, 3.8) is 0 Å². The molecule has 0 aliphatic heterocycles. The monoisotopic (exact) mass is 258 g/mol. The van der Waals surface area contributed by atoms with Crippen LogP contribution in [0.25, 0.3) is 0 Å². The molecule has 0 bridgehead atoms. The molecule has 2 unspecified atom stereocenters. The van der Waals surface area contributed by atoms with Crippen LogP contribution in [0.2, 0.25) is 0 Å². The lowest BCUT2D eigenvalue weighted by molar-refractivity contribution is -0.125. The van der Waals surface area contributed by atoms with E-state index in [1.165, 1.54) is 6.92 Å². The van der Waals surface area contributed by atoms with E-state index in [-0.39, 0.29) is 0 Å². The van der Waals surface area contributed by atoms with Crippen molar-refractivity contribution in [2.45, 2.75) is 26.4 Å². The third-order valence-corrected chi connectivity index (χ3v) is 2.77. The van der Waals surface area contributed by atoms with Crippen LogP contribution in [0.15, 0.2) is 18.2 Å². The maximum absolute atomic E-state index is 13.6. The summed E-state index contributed by atoms with van der Waals surface area (Å²) in [7, 11) is 0. The van der Waals surface area contributed by atoms with Crippen LogP contribution in [-0.2, 0) is 4.79 Å². The van der Waals surface area contributed by atoms with Gasteiger partial charge in [0, 0.05) is 12.0 Å². The maximum atomic E-state index is 13.6. The van der Waals surface area contributed by atoms with Crippen LogP contribution in [0.3, 0.4) is 0 Å². The highest BCUT2D eigenvalue weighted by atomic mass is 19.1. The third-order valence-electron chi connectivity index (χ3n) is 2.77. The van der Waals surface area contributed by atoms with Gasteiger partial charge in [0.1, 0.15) is 11.6 Å². The lowest BCUT2D eigenvalue weighted by Gasteiger charge is -2.11. The first-order chi connectivity index (χ1) is 8.38. The topological polar surface area (TPSA) is 34.1 Å². The number of carbonyl (C=O) groups is 2. The zero-order valence-corrected chi connectivity index (χ0v) is 10.0. The summed E-state index contributed by atoms with van der Waals surface area (Å²) in [5, 5.41) is 0. The second kappa shape index (κ2) is 5.80. The molecule has 0 fully saturated rings. The molecule has 0 amide bonds. The van der Waals surface area contributed by atoms with Crippen LogP contribution >= 0.6 is 0 Å². The third kappa shape index (κ3) is 2.97. The molecule has 0 radical (unpaired) electrons. The van der Waals surface area contributed by atoms with E-state index in [0.717, 1.165) is 12.1 Å². The molecular weight excluding hydrogens is 245 g/mol. The average molecular weight is 258 g/mol. The fourth-order valence-corrected chi connectivity index (χ4v) is 1.41. The van der Waals surface area contributed by atoms with Crippen LogP contribution in [-0.4, -0.2) is 17.7 Å². The summed E-state index contributed by atoms with van der Waals surface area (Å²) in [6.45, 7) is 3.17. The summed E-state index contributed by atoms with van der Waals surface area (Å²) < 4.78 is 39.5. The molecule has 0 spiro atoms. The van der Waals surface area contributed by atoms with Gasteiger partial charge in [-0.2, -0.15) is 0 Å². The molecule has 98 valence electrons. The Balaban J connectivity index is 2.97. The van der Waals surface area contributed by atoms with Gasteiger partial charge in [0.05, 0.1) is 5.56 Å². The van der Waals surface area contributed by atoms with E-state index in [1.807, 2.05) is 0 Å². The lowest BCUT2D eigenvalue weighted by atomic mass is 9.95. The summed E-state index contributed by atoms with van der Waals surface area (Å²) in [6.07, 6.45) is -2.02. The molecule has 2 nitrogen and oxygen atoms in total. The first-order valence-electron chi connectivity index (χ1n) is 5.55. The van der Waals surface area contributed by atoms with Gasteiger partial charge in [-0.3, -0.25) is 9.59 Å². The fourth-order valence-electron chi connectivity index (χ4n) is 1.41. The predicted molar refractivity (Wildman–Crippen MR) is 60.0 cm³/mol. The van der Waals surface area contributed by atoms with Crippen LogP contribution < -0.4 is 0 Å². The van der Waals surface area contributed by atoms with E-state index in [4.69, 9.17) is 0 Å². The van der Waals surface area contributed by atoms with Crippen LogP contribution in [0.4, 0.5) is 13.2 Å². The minimum Gasteiger partial charge on any atom is -0.296 e. The first kappa shape index (κ1) is 14.4. The van der Waals surface area contributed by atoms with Crippen molar-refractivity contribution in [2.75, 3.05) is 0 Å². The Hall–Kier alpha value is -1.65. The number of benzene rings is 1. The molecule has 0 saturated heterocycles. The predicted octanol–water partition coefficient (Wildman–Crippen LogP) is 3.10. The van der Waals surface area contributed by atoms with E-state index in [2.05, 4.69) is 0 Å². The molecule has 0 heterocycles. The molecule has 5 heteroatoms. The smallest absolute Gasteiger partial charge is 0.221 e. The SMILES string of the molecule is CCC(C)C(=O)C(F)C(=O)c1ccc(F)cc1F. The van der Waals surface area contributed by atoms with E-state index in [0.29, 0.717) is 12.5 Å². The van der Waals surface area contributed by atoms with Crippen molar-refractivity contribution in [1.29, 1.82) is 0 Å². The Morgan fingerprint density at radius 3 is 2.39 bits per heavy atom. The number of hydrogen-bond acceptors (Lipinski definition) is 2. The summed E-state index contributed by atoms with van der Waals surface area (Å²) in [5.41, 5.74) is -0.611. The standard InChI is InChI=1S/C13H13F3O2/c1-3-7(2)12(17)11(16)13(18)9-5-4-8(14)6-10(9)15/h4-7,11H,3H2,1-2H3. The van der Waals surface area contributed by atoms with Crippen molar-refractivity contribution >= 4 is 11.6 Å². The summed E-state index contributed by atoms with van der Waals surface area (Å²) >= 11 is 0. The largest absolute Gasteiger partial charge is 0.296 e. The first-order valence-corrected chi connectivity index (χ1v) is 5.55. The minimum absolute atomic E-state index is 0.387. The summed E-state index contributed by atoms with van der Waals surface area (Å²) in [5.74, 6) is -4.80. The molecular formula is C13H13F3O2. The molecule has 0 aliphatic rings. The summed E-state index contributed by atoms with van der Waals surface area (Å²) in [6, 6.07) is 2.16. The Labute approximate surface area is 103 Å². The van der Waals surface area contributed by atoms with Gasteiger partial charge in [0.2, 0.25) is 12.0 Å². The molecule has 0 aromatic heterocycles. The van der Waals surface area contributed by atoms with Gasteiger partial charge in [-0.05, 0) is 18.6 Å². The van der Waals surface area contributed by atoms with Gasteiger partial charge in [0.15, 0.2) is 5.78 Å². The van der Waals surface area contributed by atoms with Gasteiger partial charge in [-0.1, -0.05) is 13.8 Å². The number of halogens is 3. The highest BCUT2D eigenvalue weighted by Crippen LogP contribution is 2.16. The van der Waals surface area contributed by atoms with E-state index in [9.17, 15) is 22.8 Å². The quantitative estimate of drug-likeness (QED) is 0.600. The zero-order valence-electron chi connectivity index (χ0n) is 10.0. The van der Waals surface area contributed by atoms with Crippen molar-refractivity contribution in [2.24, 2.45) is 5.92 Å². The van der Waals surface area contributed by atoms with Gasteiger partial charge >= 0.3 is 0 Å². The molecule has 0 saturated carbocycles. The molecule has 0 aliphatic carbocycles. The van der Waals surface area contributed by atoms with Gasteiger partial charge in [0.25, 0.3) is 0 Å². The maximum Gasteiger partial charge on any atom is 0.221 e. The normalized spacial score (nSPS) is 14.1. The Kier molecular flexibility index (Phi) is 4.64. The second-order valence-corrected chi connectivity index (χ2v) is 4.06. The number of rotatable bonds is 5. The molecule has 18 heavy (non-hydrogen) atoms. The molecule has 0 N–H and O–H groups in total. The molecule has 1 aromatic carbocycles. The highest BCUT2D eigenvalue weighted by Gasteiger charge is 2.31. The van der Waals surface area contributed by atoms with Gasteiger partial charge < -0.3 is 0 Å². The average Bonchev–Trinajstić information content (AvgIpc) is 2.35. The zero-order chi connectivity index (χ0) is 13.9. The number of carbonyl (C=O) groups excluding carboxylic acids is 2. The van der Waals surface area contributed by atoms with E-state index < -0.39 is 40.9 Å². The Bertz CT molecular complexity index is 471. The number of ketones is 2. The highest BCUT2D eigenvalue weighted by molar-refractivity contribution is 6.13. The fraction of sp³-hybridized carbons (Fsp3) is 0.385. The number of hydrogen-bond donors (Lipinski definition) is 0. The molecule has 1 aromatic rings. The van der Waals surface area contributed by atoms with Crippen molar-refractivity contribution < 1.29 is 22.8 Å². The molecule has 2 atom stereocenters. The Morgan fingerprint density at radius 1 is 1.28 bits per heavy atom. The lowest BCUT2D eigenvalue weighted by Crippen LogP contribution is -2.30. The van der Waals surface area contributed by atoms with Crippen molar-refractivity contribution in [3.05, 3.63) is 35.4 Å². The number of alkyl halides is 1. The van der Waals surface area contributed by atoms with Gasteiger partial charge in [-0.25, -0.2) is 13.2 Å². The van der Waals surface area contributed by atoms with Crippen LogP contribution in [0.1, 0.15) is 30.6 Å². The van der Waals surface area contributed by atoms with Crippen molar-refractivity contribution in [3.8, 4) is 0 Å².